The molecule has 7 heteroatoms. The van der Waals surface area contributed by atoms with E-state index in [4.69, 9.17) is 14.1 Å². The minimum atomic E-state index is -0.427. The van der Waals surface area contributed by atoms with Crippen molar-refractivity contribution in [2.24, 2.45) is 16.3 Å². The van der Waals surface area contributed by atoms with Crippen LogP contribution in [0.25, 0.3) is 11.3 Å². The number of methoxy groups -OCH3 is 1. The number of anilines is 1. The maximum Gasteiger partial charge on any atom is 0.338 e. The highest BCUT2D eigenvalue weighted by molar-refractivity contribution is 7.16. The van der Waals surface area contributed by atoms with Crippen molar-refractivity contribution in [2.75, 3.05) is 12.4 Å². The fourth-order valence-corrected chi connectivity index (χ4v) is 6.29. The van der Waals surface area contributed by atoms with Crippen LogP contribution in [0.3, 0.4) is 0 Å². The molecule has 6 nitrogen and oxygen atoms in total. The fourth-order valence-electron chi connectivity index (χ4n) is 5.03. The Kier molecular flexibility index (Phi) is 7.53. The largest absolute Gasteiger partial charge is 0.465 e. The SMILES string of the molecule is COC(=O)c1ccccc1-c1ccc(C=Nc2sc3c(c2C(=O)Nc2ccccc2)CC[C@@H](C(C)(C)C)C3)o1. The molecule has 1 atom stereocenters. The molecule has 1 aliphatic carbocycles. The quantitative estimate of drug-likeness (QED) is 0.199. The molecule has 0 radical (unpaired) electrons. The fraction of sp³-hybridized carbons (Fsp3) is 0.281. The van der Waals surface area contributed by atoms with Crippen LogP contribution in [0, 0.1) is 11.3 Å². The van der Waals surface area contributed by atoms with Crippen molar-refractivity contribution in [2.45, 2.75) is 40.0 Å². The van der Waals surface area contributed by atoms with Crippen molar-refractivity contribution in [1.29, 1.82) is 0 Å². The molecule has 0 spiro atoms. The van der Waals surface area contributed by atoms with Gasteiger partial charge in [0.1, 0.15) is 16.5 Å². The van der Waals surface area contributed by atoms with Gasteiger partial charge in [0.05, 0.1) is 24.5 Å². The lowest BCUT2D eigenvalue weighted by atomic mass is 9.72. The van der Waals surface area contributed by atoms with Gasteiger partial charge in [0.15, 0.2) is 0 Å². The molecular formula is C32H32N2O4S. The second-order valence-corrected chi connectivity index (χ2v) is 11.9. The number of rotatable bonds is 6. The van der Waals surface area contributed by atoms with Gasteiger partial charge >= 0.3 is 5.97 Å². The smallest absolute Gasteiger partial charge is 0.338 e. The molecule has 2 heterocycles. The van der Waals surface area contributed by atoms with E-state index in [1.165, 1.54) is 12.0 Å². The molecule has 1 amide bonds. The molecule has 2 aromatic heterocycles. The van der Waals surface area contributed by atoms with E-state index in [9.17, 15) is 9.59 Å². The Labute approximate surface area is 232 Å². The second-order valence-electron chi connectivity index (χ2n) is 10.8. The Bertz CT molecular complexity index is 1530. The minimum Gasteiger partial charge on any atom is -0.465 e. The maximum atomic E-state index is 13.5. The Balaban J connectivity index is 1.47. The number of amides is 1. The molecule has 0 fully saturated rings. The summed E-state index contributed by atoms with van der Waals surface area (Å²) in [4.78, 5) is 31.7. The molecule has 0 saturated heterocycles. The van der Waals surface area contributed by atoms with Crippen molar-refractivity contribution >= 4 is 40.1 Å². The van der Waals surface area contributed by atoms with E-state index in [1.807, 2.05) is 42.5 Å². The van der Waals surface area contributed by atoms with Crippen LogP contribution in [0.5, 0.6) is 0 Å². The lowest BCUT2D eigenvalue weighted by Crippen LogP contribution is -2.27. The number of nitrogens with one attached hydrogen (secondary N) is 1. The van der Waals surface area contributed by atoms with Crippen molar-refractivity contribution in [3.05, 3.63) is 94.1 Å². The molecular weight excluding hydrogens is 508 g/mol. The third kappa shape index (κ3) is 5.73. The number of nitrogens with zero attached hydrogens (tertiary/aromatic N) is 1. The molecule has 5 rings (SSSR count). The standard InChI is InChI=1S/C32H32N2O4S/c1-32(2,3)20-14-16-25-27(18-20)39-30(28(25)29(35)34-21-10-6-5-7-11-21)33-19-22-15-17-26(38-22)23-12-8-9-13-24(23)31(36)37-4/h5-13,15,17,19-20H,14,16,18H2,1-4H3,(H,34,35)/t20-/m1/s1. The van der Waals surface area contributed by atoms with Crippen LogP contribution in [-0.2, 0) is 17.6 Å². The summed E-state index contributed by atoms with van der Waals surface area (Å²) in [5.41, 5.74) is 3.77. The first-order valence-electron chi connectivity index (χ1n) is 13.1. The number of carbonyl (C=O) groups is 2. The van der Waals surface area contributed by atoms with Crippen molar-refractivity contribution < 1.29 is 18.7 Å². The first-order valence-corrected chi connectivity index (χ1v) is 13.9. The average Bonchev–Trinajstić information content (AvgIpc) is 3.55. The number of esters is 1. The van der Waals surface area contributed by atoms with Crippen LogP contribution in [0.4, 0.5) is 10.7 Å². The van der Waals surface area contributed by atoms with Crippen LogP contribution in [0.2, 0.25) is 0 Å². The number of para-hydroxylation sites is 1. The summed E-state index contributed by atoms with van der Waals surface area (Å²) in [5, 5.41) is 3.73. The summed E-state index contributed by atoms with van der Waals surface area (Å²) < 4.78 is 10.9. The van der Waals surface area contributed by atoms with Crippen molar-refractivity contribution in [3.8, 4) is 11.3 Å². The number of thiophene rings is 1. The highest BCUT2D eigenvalue weighted by Crippen LogP contribution is 2.45. The maximum absolute atomic E-state index is 13.5. The van der Waals surface area contributed by atoms with Gasteiger partial charge in [-0.1, -0.05) is 57.2 Å². The first kappa shape index (κ1) is 26.6. The number of furan rings is 1. The van der Waals surface area contributed by atoms with Gasteiger partial charge in [0.2, 0.25) is 0 Å². The number of carbonyl (C=O) groups excluding carboxylic acids is 2. The number of ether oxygens (including phenoxy) is 1. The van der Waals surface area contributed by atoms with Crippen molar-refractivity contribution in [1.82, 2.24) is 0 Å². The van der Waals surface area contributed by atoms with Gasteiger partial charge in [-0.25, -0.2) is 9.79 Å². The highest BCUT2D eigenvalue weighted by atomic mass is 32.1. The van der Waals surface area contributed by atoms with Gasteiger partial charge < -0.3 is 14.5 Å². The van der Waals surface area contributed by atoms with Gasteiger partial charge in [-0.2, -0.15) is 0 Å². The zero-order valence-corrected chi connectivity index (χ0v) is 23.4. The van der Waals surface area contributed by atoms with Crippen LogP contribution in [0.15, 0.2) is 76.1 Å². The number of aliphatic imine (C=N–C) groups is 1. The average molecular weight is 541 g/mol. The van der Waals surface area contributed by atoms with E-state index >= 15 is 0 Å². The predicted molar refractivity (Wildman–Crippen MR) is 156 cm³/mol. The zero-order chi connectivity index (χ0) is 27.6. The minimum absolute atomic E-state index is 0.146. The van der Waals surface area contributed by atoms with Crippen LogP contribution < -0.4 is 5.32 Å². The Morgan fingerprint density at radius 2 is 1.79 bits per heavy atom. The lowest BCUT2D eigenvalue weighted by molar-refractivity contribution is 0.0601. The normalized spacial score (nSPS) is 15.2. The summed E-state index contributed by atoms with van der Waals surface area (Å²) in [7, 11) is 1.36. The molecule has 200 valence electrons. The zero-order valence-electron chi connectivity index (χ0n) is 22.6. The number of benzene rings is 2. The van der Waals surface area contributed by atoms with E-state index in [-0.39, 0.29) is 11.3 Å². The molecule has 0 unspecified atom stereocenters. The van der Waals surface area contributed by atoms with E-state index in [2.05, 4.69) is 26.1 Å². The highest BCUT2D eigenvalue weighted by Gasteiger charge is 2.33. The summed E-state index contributed by atoms with van der Waals surface area (Å²) in [5.74, 6) is 1.04. The van der Waals surface area contributed by atoms with Gasteiger partial charge in [0, 0.05) is 16.1 Å². The molecule has 1 aliphatic rings. The van der Waals surface area contributed by atoms with Gasteiger partial charge in [-0.3, -0.25) is 4.79 Å². The Morgan fingerprint density at radius 1 is 1.05 bits per heavy atom. The monoisotopic (exact) mass is 540 g/mol. The van der Waals surface area contributed by atoms with E-state index in [1.54, 1.807) is 41.8 Å². The Hall–Kier alpha value is -3.97. The number of hydrogen-bond donors (Lipinski definition) is 1. The first-order chi connectivity index (χ1) is 18.7. The van der Waals surface area contributed by atoms with Crippen LogP contribution in [-0.4, -0.2) is 25.2 Å². The number of fused-ring (bicyclic) bond motifs is 1. The van der Waals surface area contributed by atoms with Gasteiger partial charge in [-0.05, 0) is 66.5 Å². The van der Waals surface area contributed by atoms with E-state index < -0.39 is 5.97 Å². The van der Waals surface area contributed by atoms with Crippen LogP contribution in [0.1, 0.15) is 64.1 Å². The molecule has 1 N–H and O–H groups in total. The molecule has 39 heavy (non-hydrogen) atoms. The summed E-state index contributed by atoms with van der Waals surface area (Å²) in [6.45, 7) is 6.85. The van der Waals surface area contributed by atoms with Gasteiger partial charge in [-0.15, -0.1) is 11.3 Å². The number of hydrogen-bond acceptors (Lipinski definition) is 6. The summed E-state index contributed by atoms with van der Waals surface area (Å²) in [6.07, 6.45) is 4.49. The Morgan fingerprint density at radius 3 is 2.54 bits per heavy atom. The third-order valence-corrected chi connectivity index (χ3v) is 8.43. The van der Waals surface area contributed by atoms with E-state index in [0.717, 1.165) is 30.5 Å². The second kappa shape index (κ2) is 11.0. The molecule has 0 bridgehead atoms. The molecule has 0 saturated carbocycles. The topological polar surface area (TPSA) is 80.9 Å². The third-order valence-electron chi connectivity index (χ3n) is 7.26. The lowest BCUT2D eigenvalue weighted by Gasteiger charge is -2.33. The van der Waals surface area contributed by atoms with Crippen LogP contribution >= 0.6 is 11.3 Å². The summed E-state index contributed by atoms with van der Waals surface area (Å²) in [6, 6.07) is 20.2. The molecule has 2 aromatic carbocycles. The summed E-state index contributed by atoms with van der Waals surface area (Å²) >= 11 is 1.59. The van der Waals surface area contributed by atoms with Crippen molar-refractivity contribution in [3.63, 3.8) is 0 Å². The van der Waals surface area contributed by atoms with E-state index in [0.29, 0.717) is 39.1 Å². The predicted octanol–water partition coefficient (Wildman–Crippen LogP) is 7.95. The molecule has 0 aliphatic heterocycles. The van der Waals surface area contributed by atoms with Gasteiger partial charge in [0.25, 0.3) is 5.91 Å². The molecule has 4 aromatic rings.